The van der Waals surface area contributed by atoms with E-state index in [-0.39, 0.29) is 35.3 Å². The highest BCUT2D eigenvalue weighted by molar-refractivity contribution is 5.36. The first kappa shape index (κ1) is 22.2. The number of piperidine rings is 1. The molecule has 8 nitrogen and oxygen atoms in total. The number of hydrogen-bond donors (Lipinski definition) is 4. The molecular weight excluding hydrogens is 414 g/mol. The molecular formula is C24H39NO7. The van der Waals surface area contributed by atoms with Gasteiger partial charge in [0.25, 0.3) is 0 Å². The van der Waals surface area contributed by atoms with Crippen molar-refractivity contribution in [3.05, 3.63) is 0 Å². The number of ether oxygens (including phenoxy) is 3. The largest absolute Gasteiger partial charge is 0.392 e. The lowest BCUT2D eigenvalue weighted by Crippen LogP contribution is -2.78. The van der Waals surface area contributed by atoms with E-state index in [0.717, 1.165) is 19.5 Å². The Morgan fingerprint density at radius 3 is 2.38 bits per heavy atom. The summed E-state index contributed by atoms with van der Waals surface area (Å²) in [6.07, 6.45) is -1.22. The number of methoxy groups -OCH3 is 3. The third-order valence-electron chi connectivity index (χ3n) is 11.2. The molecule has 14 atom stereocenters. The molecule has 7 bridgehead atoms. The molecule has 32 heavy (non-hydrogen) atoms. The van der Waals surface area contributed by atoms with Crippen LogP contribution in [0.2, 0.25) is 0 Å². The van der Waals surface area contributed by atoms with Crippen molar-refractivity contribution in [1.29, 1.82) is 0 Å². The topological polar surface area (TPSA) is 112 Å². The molecule has 1 saturated heterocycles. The first-order chi connectivity index (χ1) is 15.3. The highest BCUT2D eigenvalue weighted by Gasteiger charge is 2.87. The van der Waals surface area contributed by atoms with Crippen molar-refractivity contribution in [2.75, 3.05) is 41.0 Å². The van der Waals surface area contributed by atoms with E-state index in [0.29, 0.717) is 19.4 Å². The van der Waals surface area contributed by atoms with Crippen LogP contribution in [0, 0.1) is 40.4 Å². The van der Waals surface area contributed by atoms with Gasteiger partial charge in [0.2, 0.25) is 0 Å². The Morgan fingerprint density at radius 2 is 1.75 bits per heavy atom. The van der Waals surface area contributed by atoms with Gasteiger partial charge in [0.05, 0.1) is 31.0 Å². The number of likely N-dealkylation sites (tertiary alicyclic amines) is 1. The van der Waals surface area contributed by atoms with Gasteiger partial charge in [-0.2, -0.15) is 0 Å². The fourth-order valence-electron chi connectivity index (χ4n) is 10.7. The Morgan fingerprint density at radius 1 is 1.03 bits per heavy atom. The summed E-state index contributed by atoms with van der Waals surface area (Å²) in [7, 11) is 4.98. The van der Waals surface area contributed by atoms with Gasteiger partial charge in [-0.1, -0.05) is 6.92 Å². The second-order valence-electron chi connectivity index (χ2n) is 11.6. The zero-order chi connectivity index (χ0) is 22.8. The Hall–Kier alpha value is -0.320. The molecule has 0 amide bonds. The van der Waals surface area contributed by atoms with Crippen LogP contribution in [0.4, 0.5) is 0 Å². The number of hydrogen-bond acceptors (Lipinski definition) is 8. The molecule has 0 aromatic rings. The number of aliphatic hydroxyl groups is 4. The minimum atomic E-state index is -1.54. The minimum Gasteiger partial charge on any atom is -0.392 e. The molecule has 6 rings (SSSR count). The quantitative estimate of drug-likeness (QED) is 0.440. The molecule has 0 unspecified atom stereocenters. The van der Waals surface area contributed by atoms with Crippen LogP contribution in [-0.4, -0.2) is 109 Å². The second kappa shape index (κ2) is 6.88. The molecule has 0 aromatic carbocycles. The number of aliphatic hydroxyl groups excluding tert-OH is 3. The molecule has 182 valence electrons. The van der Waals surface area contributed by atoms with Gasteiger partial charge in [0.15, 0.2) is 0 Å². The zero-order valence-corrected chi connectivity index (χ0v) is 19.6. The standard InChI is InChI=1S/C24H39NO7/c1-5-25-9-22(10-30-2)7-6-13(26)23-12-8-11-16(27)14(12)24(29,21(28)17(11)31-3)15(20(23)25)18(32-4)19(22)23/h11-21,26-29H,5-10H2,1-4H3/t11-,12+,13-,14-,15-,16-,17+,18-,19+,20+,21-,22-,23-,24+/m0/s1. The van der Waals surface area contributed by atoms with E-state index in [1.165, 1.54) is 0 Å². The number of rotatable bonds is 5. The summed E-state index contributed by atoms with van der Waals surface area (Å²) in [5, 5.41) is 47.3. The minimum absolute atomic E-state index is 0.000250. The van der Waals surface area contributed by atoms with Crippen LogP contribution in [-0.2, 0) is 14.2 Å². The Bertz CT molecular complexity index is 783. The van der Waals surface area contributed by atoms with Crippen molar-refractivity contribution in [2.45, 2.75) is 68.3 Å². The predicted octanol–water partition coefficient (Wildman–Crippen LogP) is -0.527. The monoisotopic (exact) mass is 453 g/mol. The van der Waals surface area contributed by atoms with E-state index >= 15 is 0 Å². The van der Waals surface area contributed by atoms with Crippen molar-refractivity contribution in [3.8, 4) is 0 Å². The summed E-state index contributed by atoms with van der Waals surface area (Å²) >= 11 is 0. The normalized spacial score (nSPS) is 62.4. The highest BCUT2D eigenvalue weighted by Crippen LogP contribution is 2.79. The summed E-state index contributed by atoms with van der Waals surface area (Å²) in [4.78, 5) is 2.42. The SMILES string of the molecule is CCN1C[C@]2(COC)CC[C@H](O)[C@@]34[C@@H]5C[C@H]6[C@H](O)[C@H]5[C@@](O)([C@@H]([C@H](OC)[C@H]23)[C@@H]14)[C@@H](O)[C@@H]6OC. The molecule has 0 radical (unpaired) electrons. The van der Waals surface area contributed by atoms with Gasteiger partial charge in [-0.3, -0.25) is 4.90 Å². The van der Waals surface area contributed by atoms with E-state index < -0.39 is 47.3 Å². The van der Waals surface area contributed by atoms with Gasteiger partial charge in [-0.15, -0.1) is 0 Å². The van der Waals surface area contributed by atoms with Gasteiger partial charge in [-0.25, -0.2) is 0 Å². The predicted molar refractivity (Wildman–Crippen MR) is 114 cm³/mol. The van der Waals surface area contributed by atoms with Crippen molar-refractivity contribution in [1.82, 2.24) is 4.90 Å². The summed E-state index contributed by atoms with van der Waals surface area (Å²) in [5.74, 6) is -1.29. The van der Waals surface area contributed by atoms with Crippen LogP contribution in [0.15, 0.2) is 0 Å². The van der Waals surface area contributed by atoms with Crippen molar-refractivity contribution in [2.24, 2.45) is 40.4 Å². The fourth-order valence-corrected chi connectivity index (χ4v) is 10.7. The van der Waals surface area contributed by atoms with Crippen molar-refractivity contribution >= 4 is 0 Å². The molecule has 0 aromatic heterocycles. The zero-order valence-electron chi connectivity index (χ0n) is 19.6. The molecule has 6 fully saturated rings. The van der Waals surface area contributed by atoms with Crippen molar-refractivity contribution < 1.29 is 34.6 Å². The van der Waals surface area contributed by atoms with Crippen LogP contribution in [0.25, 0.3) is 0 Å². The Kier molecular flexibility index (Phi) is 4.76. The van der Waals surface area contributed by atoms with Gasteiger partial charge in [0.1, 0.15) is 11.7 Å². The van der Waals surface area contributed by atoms with E-state index in [2.05, 4.69) is 11.8 Å². The average molecular weight is 454 g/mol. The van der Waals surface area contributed by atoms with E-state index in [4.69, 9.17) is 14.2 Å². The molecule has 1 aliphatic heterocycles. The van der Waals surface area contributed by atoms with Crippen LogP contribution in [0.1, 0.15) is 26.2 Å². The maximum Gasteiger partial charge on any atom is 0.110 e. The Labute approximate surface area is 189 Å². The highest BCUT2D eigenvalue weighted by atomic mass is 16.5. The first-order valence-electron chi connectivity index (χ1n) is 12.3. The molecule has 1 spiro atoms. The first-order valence-corrected chi connectivity index (χ1v) is 12.3. The molecule has 1 heterocycles. The van der Waals surface area contributed by atoms with Gasteiger partial charge in [-0.05, 0) is 31.7 Å². The Balaban J connectivity index is 1.64. The summed E-state index contributed by atoms with van der Waals surface area (Å²) in [6.45, 7) is 4.33. The fraction of sp³-hybridized carbons (Fsp3) is 1.00. The van der Waals surface area contributed by atoms with Crippen LogP contribution in [0.3, 0.4) is 0 Å². The smallest absolute Gasteiger partial charge is 0.110 e. The average Bonchev–Trinajstić information content (AvgIpc) is 3.19. The molecule has 6 aliphatic rings. The van der Waals surface area contributed by atoms with Crippen LogP contribution >= 0.6 is 0 Å². The van der Waals surface area contributed by atoms with E-state index in [9.17, 15) is 20.4 Å². The van der Waals surface area contributed by atoms with E-state index in [1.807, 2.05) is 0 Å². The molecule has 8 heteroatoms. The van der Waals surface area contributed by atoms with Gasteiger partial charge in [0, 0.05) is 68.4 Å². The lowest BCUT2D eigenvalue weighted by molar-refractivity contribution is -0.297. The summed E-state index contributed by atoms with van der Waals surface area (Å²) < 4.78 is 17.7. The van der Waals surface area contributed by atoms with Crippen LogP contribution < -0.4 is 0 Å². The third kappa shape index (κ3) is 2.07. The van der Waals surface area contributed by atoms with Gasteiger partial charge >= 0.3 is 0 Å². The molecule has 4 N–H and O–H groups in total. The number of nitrogens with zero attached hydrogens (tertiary/aromatic N) is 1. The van der Waals surface area contributed by atoms with Crippen LogP contribution in [0.5, 0.6) is 0 Å². The maximum absolute atomic E-state index is 12.5. The molecule has 5 aliphatic carbocycles. The van der Waals surface area contributed by atoms with Gasteiger partial charge < -0.3 is 34.6 Å². The lowest BCUT2D eigenvalue weighted by Gasteiger charge is -2.69. The lowest BCUT2D eigenvalue weighted by atomic mass is 9.43. The molecule has 5 saturated carbocycles. The second-order valence-corrected chi connectivity index (χ2v) is 11.6. The third-order valence-corrected chi connectivity index (χ3v) is 11.2. The van der Waals surface area contributed by atoms with Crippen molar-refractivity contribution in [3.63, 3.8) is 0 Å². The number of fused-ring (bicyclic) bond motifs is 2. The summed E-state index contributed by atoms with van der Waals surface area (Å²) in [6, 6.07) is -0.120. The summed E-state index contributed by atoms with van der Waals surface area (Å²) in [5.41, 5.74) is -2.24. The van der Waals surface area contributed by atoms with E-state index in [1.54, 1.807) is 21.3 Å². The maximum atomic E-state index is 12.5.